The maximum absolute atomic E-state index is 12.2. The highest BCUT2D eigenvalue weighted by Crippen LogP contribution is 2.33. The zero-order valence-electron chi connectivity index (χ0n) is 16.2. The molecule has 1 aliphatic carbocycles. The number of hydrogen-bond acceptors (Lipinski definition) is 7. The van der Waals surface area contributed by atoms with Crippen LogP contribution in [0.5, 0.6) is 5.75 Å². The Hall–Kier alpha value is -1.84. The molecule has 1 saturated carbocycles. The van der Waals surface area contributed by atoms with E-state index < -0.39 is 16.0 Å². The number of ether oxygens (including phenoxy) is 3. The van der Waals surface area contributed by atoms with Gasteiger partial charge in [-0.2, -0.15) is 0 Å². The average molecular weight is 413 g/mol. The fraction of sp³-hybridized carbons (Fsp3) is 0.632. The molecule has 9 heteroatoms. The number of hydrogen-bond donors (Lipinski definition) is 1. The van der Waals surface area contributed by atoms with E-state index in [9.17, 15) is 13.2 Å². The summed E-state index contributed by atoms with van der Waals surface area (Å²) >= 11 is 0. The SMILES string of the molecule is COC(=O)c1cc(NS(=O)(=O)CCC2CC2)ccc1OCCN1CCOCC1. The first-order valence-corrected chi connectivity index (χ1v) is 11.3. The maximum Gasteiger partial charge on any atom is 0.341 e. The normalized spacial score (nSPS) is 17.9. The molecule has 28 heavy (non-hydrogen) atoms. The zero-order chi connectivity index (χ0) is 20.0. The van der Waals surface area contributed by atoms with Crippen molar-refractivity contribution in [2.24, 2.45) is 5.92 Å². The first-order chi connectivity index (χ1) is 13.5. The summed E-state index contributed by atoms with van der Waals surface area (Å²) in [6, 6.07) is 4.67. The number of carbonyl (C=O) groups excluding carboxylic acids is 1. The summed E-state index contributed by atoms with van der Waals surface area (Å²) in [6.45, 7) is 4.27. The molecule has 1 heterocycles. The third-order valence-corrected chi connectivity index (χ3v) is 6.24. The van der Waals surface area contributed by atoms with Crippen LogP contribution in [0.4, 0.5) is 5.69 Å². The minimum absolute atomic E-state index is 0.0863. The van der Waals surface area contributed by atoms with Crippen molar-refractivity contribution in [3.63, 3.8) is 0 Å². The van der Waals surface area contributed by atoms with Crippen LogP contribution < -0.4 is 9.46 Å². The summed E-state index contributed by atoms with van der Waals surface area (Å²) < 4.78 is 42.9. The molecule has 156 valence electrons. The monoisotopic (exact) mass is 412 g/mol. The highest BCUT2D eigenvalue weighted by molar-refractivity contribution is 7.92. The van der Waals surface area contributed by atoms with Crippen molar-refractivity contribution >= 4 is 21.7 Å². The molecule has 1 aliphatic heterocycles. The van der Waals surface area contributed by atoms with Crippen LogP contribution in [0.2, 0.25) is 0 Å². The summed E-state index contributed by atoms with van der Waals surface area (Å²) in [7, 11) is -2.16. The Labute approximate surface area is 166 Å². The number of sulfonamides is 1. The molecular formula is C19H28N2O6S. The van der Waals surface area contributed by atoms with Crippen molar-refractivity contribution in [2.75, 3.05) is 57.0 Å². The van der Waals surface area contributed by atoms with Crippen LogP contribution in [-0.4, -0.2) is 71.6 Å². The minimum atomic E-state index is -3.44. The molecule has 0 radical (unpaired) electrons. The summed E-state index contributed by atoms with van der Waals surface area (Å²) in [5.74, 6) is 0.425. The topological polar surface area (TPSA) is 94.2 Å². The molecule has 2 fully saturated rings. The van der Waals surface area contributed by atoms with Gasteiger partial charge in [-0.15, -0.1) is 0 Å². The van der Waals surface area contributed by atoms with E-state index in [4.69, 9.17) is 14.2 Å². The fourth-order valence-electron chi connectivity index (χ4n) is 3.06. The van der Waals surface area contributed by atoms with Crippen LogP contribution in [0.1, 0.15) is 29.6 Å². The van der Waals surface area contributed by atoms with E-state index in [-0.39, 0.29) is 11.3 Å². The van der Waals surface area contributed by atoms with Crippen LogP contribution in [0, 0.1) is 5.92 Å². The quantitative estimate of drug-likeness (QED) is 0.585. The maximum atomic E-state index is 12.2. The number of morpholine rings is 1. The molecule has 1 aromatic carbocycles. The second kappa shape index (κ2) is 9.58. The zero-order valence-corrected chi connectivity index (χ0v) is 17.0. The van der Waals surface area contributed by atoms with Gasteiger partial charge in [-0.3, -0.25) is 9.62 Å². The molecule has 0 amide bonds. The Kier molecular flexibility index (Phi) is 7.14. The Morgan fingerprint density at radius 3 is 2.71 bits per heavy atom. The first-order valence-electron chi connectivity index (χ1n) is 9.62. The van der Waals surface area contributed by atoms with Gasteiger partial charge in [0.15, 0.2) is 0 Å². The number of esters is 1. The van der Waals surface area contributed by atoms with Crippen LogP contribution in [-0.2, 0) is 19.5 Å². The van der Waals surface area contributed by atoms with Crippen LogP contribution in [0.25, 0.3) is 0 Å². The van der Waals surface area contributed by atoms with Gasteiger partial charge in [0, 0.05) is 25.3 Å². The standard InChI is InChI=1S/C19H28N2O6S/c1-25-19(22)17-14-16(20-28(23,24)13-6-15-2-3-15)4-5-18(17)27-12-9-21-7-10-26-11-8-21/h4-5,14-15,20H,2-3,6-13H2,1H3. The predicted molar refractivity (Wildman–Crippen MR) is 105 cm³/mol. The lowest BCUT2D eigenvalue weighted by atomic mass is 10.2. The van der Waals surface area contributed by atoms with Crippen molar-refractivity contribution in [3.8, 4) is 5.75 Å². The van der Waals surface area contributed by atoms with Gasteiger partial charge in [0.1, 0.15) is 17.9 Å². The van der Waals surface area contributed by atoms with Gasteiger partial charge in [0.05, 0.1) is 26.1 Å². The Morgan fingerprint density at radius 2 is 2.04 bits per heavy atom. The van der Waals surface area contributed by atoms with Gasteiger partial charge in [0.25, 0.3) is 0 Å². The van der Waals surface area contributed by atoms with E-state index in [0.29, 0.717) is 43.6 Å². The summed E-state index contributed by atoms with van der Waals surface area (Å²) in [5.41, 5.74) is 0.531. The predicted octanol–water partition coefficient (Wildman–Crippen LogP) is 1.73. The smallest absolute Gasteiger partial charge is 0.341 e. The van der Waals surface area contributed by atoms with Crippen molar-refractivity contribution < 1.29 is 27.4 Å². The van der Waals surface area contributed by atoms with E-state index >= 15 is 0 Å². The second-order valence-electron chi connectivity index (χ2n) is 7.16. The number of nitrogens with one attached hydrogen (secondary N) is 1. The molecule has 0 bridgehead atoms. The summed E-state index contributed by atoms with van der Waals surface area (Å²) in [5, 5.41) is 0. The van der Waals surface area contributed by atoms with E-state index in [2.05, 4.69) is 9.62 Å². The number of benzene rings is 1. The van der Waals surface area contributed by atoms with Gasteiger partial charge in [-0.25, -0.2) is 13.2 Å². The first kappa shape index (κ1) is 20.9. The Bertz CT molecular complexity index is 773. The summed E-state index contributed by atoms with van der Waals surface area (Å²) in [4.78, 5) is 14.4. The molecule has 1 saturated heterocycles. The Balaban J connectivity index is 1.62. The van der Waals surface area contributed by atoms with Gasteiger partial charge in [-0.05, 0) is 30.5 Å². The second-order valence-corrected chi connectivity index (χ2v) is 9.00. The van der Waals surface area contributed by atoms with Crippen molar-refractivity contribution in [3.05, 3.63) is 23.8 Å². The van der Waals surface area contributed by atoms with E-state index in [1.165, 1.54) is 13.2 Å². The molecule has 2 aliphatic rings. The number of carbonyl (C=O) groups is 1. The van der Waals surface area contributed by atoms with E-state index in [1.54, 1.807) is 12.1 Å². The van der Waals surface area contributed by atoms with Crippen molar-refractivity contribution in [2.45, 2.75) is 19.3 Å². The molecule has 3 rings (SSSR count). The highest BCUT2D eigenvalue weighted by atomic mass is 32.2. The lowest BCUT2D eigenvalue weighted by Crippen LogP contribution is -2.38. The Morgan fingerprint density at radius 1 is 1.29 bits per heavy atom. The van der Waals surface area contributed by atoms with Gasteiger partial charge < -0.3 is 14.2 Å². The molecule has 8 nitrogen and oxygen atoms in total. The van der Waals surface area contributed by atoms with Crippen LogP contribution in [0.3, 0.4) is 0 Å². The van der Waals surface area contributed by atoms with Gasteiger partial charge in [0.2, 0.25) is 10.0 Å². The summed E-state index contributed by atoms with van der Waals surface area (Å²) in [6.07, 6.45) is 2.89. The molecular weight excluding hydrogens is 384 g/mol. The third kappa shape index (κ3) is 6.35. The van der Waals surface area contributed by atoms with Gasteiger partial charge >= 0.3 is 5.97 Å². The molecule has 0 atom stereocenters. The largest absolute Gasteiger partial charge is 0.491 e. The van der Waals surface area contributed by atoms with Crippen LogP contribution in [0.15, 0.2) is 18.2 Å². The fourth-order valence-corrected chi connectivity index (χ4v) is 4.29. The van der Waals surface area contributed by atoms with E-state index in [1.807, 2.05) is 0 Å². The number of nitrogens with zero attached hydrogens (tertiary/aromatic N) is 1. The van der Waals surface area contributed by atoms with E-state index in [0.717, 1.165) is 32.5 Å². The molecule has 0 spiro atoms. The highest BCUT2D eigenvalue weighted by Gasteiger charge is 2.24. The molecule has 0 unspecified atom stereocenters. The minimum Gasteiger partial charge on any atom is -0.491 e. The third-order valence-electron chi connectivity index (χ3n) is 4.92. The van der Waals surface area contributed by atoms with Gasteiger partial charge in [-0.1, -0.05) is 12.8 Å². The number of rotatable bonds is 10. The van der Waals surface area contributed by atoms with Crippen molar-refractivity contribution in [1.82, 2.24) is 4.90 Å². The molecule has 1 aromatic rings. The lowest BCUT2D eigenvalue weighted by molar-refractivity contribution is 0.0321. The number of methoxy groups -OCH3 is 1. The van der Waals surface area contributed by atoms with Crippen LogP contribution >= 0.6 is 0 Å². The average Bonchev–Trinajstić information content (AvgIpc) is 3.52. The number of anilines is 1. The lowest BCUT2D eigenvalue weighted by Gasteiger charge is -2.26. The molecule has 0 aromatic heterocycles. The molecule has 1 N–H and O–H groups in total. The van der Waals surface area contributed by atoms with Crippen molar-refractivity contribution in [1.29, 1.82) is 0 Å².